The molecule has 2 aliphatic heterocycles. The molecule has 0 spiro atoms. The summed E-state index contributed by atoms with van der Waals surface area (Å²) in [6, 6.07) is 6.80. The molecule has 0 aliphatic carbocycles. The Labute approximate surface area is 150 Å². The third-order valence-electron chi connectivity index (χ3n) is 5.03. The predicted octanol–water partition coefficient (Wildman–Crippen LogP) is 0.965. The molecule has 1 fully saturated rings. The lowest BCUT2D eigenvalue weighted by Gasteiger charge is -2.48. The van der Waals surface area contributed by atoms with Gasteiger partial charge in [0.1, 0.15) is 17.7 Å². The topological polar surface area (TPSA) is 107 Å². The number of carbonyl (C=O) groups excluding carboxylic acids is 3. The second-order valence-corrected chi connectivity index (χ2v) is 7.33. The lowest BCUT2D eigenvalue weighted by molar-refractivity contribution is -0.146. The molecule has 2 aliphatic rings. The van der Waals surface area contributed by atoms with E-state index < -0.39 is 23.1 Å². The second kappa shape index (κ2) is 5.82. The van der Waals surface area contributed by atoms with Crippen LogP contribution in [0.1, 0.15) is 44.0 Å². The molecule has 26 heavy (non-hydrogen) atoms. The van der Waals surface area contributed by atoms with Gasteiger partial charge in [0.05, 0.1) is 11.3 Å². The molecule has 0 bridgehead atoms. The number of nitrogens with zero attached hydrogens (tertiary/aromatic N) is 2. The highest BCUT2D eigenvalue weighted by atomic mass is 16.4. The van der Waals surface area contributed by atoms with Crippen molar-refractivity contribution in [2.24, 2.45) is 0 Å². The fourth-order valence-corrected chi connectivity index (χ4v) is 3.53. The second-order valence-electron chi connectivity index (χ2n) is 7.33. The van der Waals surface area contributed by atoms with Crippen molar-refractivity contribution < 1.29 is 24.3 Å². The Balaban J connectivity index is 1.95. The predicted molar refractivity (Wildman–Crippen MR) is 92.5 cm³/mol. The summed E-state index contributed by atoms with van der Waals surface area (Å²) in [6.07, 6.45) is 0.679. The number of para-hydroxylation sites is 1. The lowest BCUT2D eigenvalue weighted by atomic mass is 9.98. The summed E-state index contributed by atoms with van der Waals surface area (Å²) in [6.45, 7) is 4.16. The van der Waals surface area contributed by atoms with E-state index in [1.165, 1.54) is 18.7 Å². The molecule has 1 aromatic carbocycles. The summed E-state index contributed by atoms with van der Waals surface area (Å²) in [4.78, 5) is 52.0. The summed E-state index contributed by atoms with van der Waals surface area (Å²) < 4.78 is 0. The van der Waals surface area contributed by atoms with Gasteiger partial charge in [-0.15, -0.1) is 0 Å². The highest BCUT2D eigenvalue weighted by molar-refractivity contribution is 6.11. The third-order valence-corrected chi connectivity index (χ3v) is 5.03. The van der Waals surface area contributed by atoms with Crippen molar-refractivity contribution in [2.45, 2.75) is 44.8 Å². The first-order chi connectivity index (χ1) is 12.1. The Kier molecular flexibility index (Phi) is 4.01. The number of carbonyl (C=O) groups is 4. The number of hydrogen-bond donors (Lipinski definition) is 2. The van der Waals surface area contributed by atoms with Crippen LogP contribution in [-0.2, 0) is 14.4 Å². The molecule has 0 radical (unpaired) electrons. The van der Waals surface area contributed by atoms with E-state index in [-0.39, 0.29) is 24.8 Å². The largest absolute Gasteiger partial charge is 0.480 e. The molecule has 8 heteroatoms. The van der Waals surface area contributed by atoms with Crippen LogP contribution >= 0.6 is 0 Å². The number of rotatable bonds is 4. The maximum absolute atomic E-state index is 13.0. The zero-order valence-electron chi connectivity index (χ0n) is 14.9. The molecule has 3 amide bonds. The van der Waals surface area contributed by atoms with Gasteiger partial charge in [-0.2, -0.15) is 0 Å². The average Bonchev–Trinajstić information content (AvgIpc) is 2.87. The van der Waals surface area contributed by atoms with Gasteiger partial charge in [0.15, 0.2) is 0 Å². The molecule has 138 valence electrons. The first kappa shape index (κ1) is 17.9. The Morgan fingerprint density at radius 1 is 1.27 bits per heavy atom. The lowest BCUT2D eigenvalue weighted by Crippen LogP contribution is -2.64. The maximum atomic E-state index is 13.0. The van der Waals surface area contributed by atoms with E-state index in [0.29, 0.717) is 17.7 Å². The van der Waals surface area contributed by atoms with Crippen LogP contribution in [0, 0.1) is 0 Å². The van der Waals surface area contributed by atoms with Crippen LogP contribution < -0.4 is 10.2 Å². The molecule has 2 heterocycles. The van der Waals surface area contributed by atoms with Gasteiger partial charge >= 0.3 is 5.97 Å². The van der Waals surface area contributed by atoms with Gasteiger partial charge < -0.3 is 15.3 Å². The van der Waals surface area contributed by atoms with Crippen molar-refractivity contribution in [2.75, 3.05) is 11.4 Å². The maximum Gasteiger partial charge on any atom is 0.328 e. The number of carboxylic acids is 1. The molecule has 1 unspecified atom stereocenters. The Bertz CT molecular complexity index is 819. The standard InChI is InChI=1S/C18H21N3O5/c1-17(2,16(25)26)19-13(22)10-20-15(24)11-6-4-5-7-12(11)21-14(23)8-9-18(20,21)3/h4-7H,8-10H2,1-3H3,(H,19,22)(H,25,26). The highest BCUT2D eigenvalue weighted by Crippen LogP contribution is 2.43. The molecule has 1 atom stereocenters. The van der Waals surface area contributed by atoms with Gasteiger partial charge in [0, 0.05) is 6.42 Å². The van der Waals surface area contributed by atoms with E-state index >= 15 is 0 Å². The minimum Gasteiger partial charge on any atom is -0.480 e. The van der Waals surface area contributed by atoms with Gasteiger partial charge in [-0.25, -0.2) is 4.79 Å². The molecule has 8 nitrogen and oxygen atoms in total. The van der Waals surface area contributed by atoms with Gasteiger partial charge in [0.25, 0.3) is 5.91 Å². The number of hydrogen-bond acceptors (Lipinski definition) is 4. The van der Waals surface area contributed by atoms with Crippen LogP contribution in [-0.4, -0.2) is 51.4 Å². The number of benzene rings is 1. The van der Waals surface area contributed by atoms with Crippen molar-refractivity contribution in [1.82, 2.24) is 10.2 Å². The van der Waals surface area contributed by atoms with Crippen molar-refractivity contribution >= 4 is 29.4 Å². The Morgan fingerprint density at radius 2 is 1.92 bits per heavy atom. The number of carboxylic acid groups (broad SMARTS) is 1. The summed E-state index contributed by atoms with van der Waals surface area (Å²) in [5.74, 6) is -2.23. The van der Waals surface area contributed by atoms with Gasteiger partial charge in [-0.3, -0.25) is 19.3 Å². The Morgan fingerprint density at radius 3 is 2.58 bits per heavy atom. The van der Waals surface area contributed by atoms with Gasteiger partial charge in [-0.05, 0) is 39.3 Å². The van der Waals surface area contributed by atoms with Gasteiger partial charge in [0.2, 0.25) is 11.8 Å². The van der Waals surface area contributed by atoms with E-state index in [1.54, 1.807) is 36.1 Å². The van der Waals surface area contributed by atoms with Crippen LogP contribution in [0.2, 0.25) is 0 Å². The smallest absolute Gasteiger partial charge is 0.328 e. The fourth-order valence-electron chi connectivity index (χ4n) is 3.53. The van der Waals surface area contributed by atoms with Crippen LogP contribution in [0.15, 0.2) is 24.3 Å². The summed E-state index contributed by atoms with van der Waals surface area (Å²) >= 11 is 0. The molecular weight excluding hydrogens is 338 g/mol. The van der Waals surface area contributed by atoms with Gasteiger partial charge in [-0.1, -0.05) is 12.1 Å². The first-order valence-electron chi connectivity index (χ1n) is 8.36. The number of nitrogens with one attached hydrogen (secondary N) is 1. The normalized spacial score (nSPS) is 22.1. The zero-order chi connectivity index (χ0) is 19.3. The molecule has 1 aromatic rings. The number of fused-ring (bicyclic) bond motifs is 3. The van der Waals surface area contributed by atoms with E-state index in [4.69, 9.17) is 5.11 Å². The van der Waals surface area contributed by atoms with Crippen LogP contribution in [0.25, 0.3) is 0 Å². The summed E-state index contributed by atoms with van der Waals surface area (Å²) in [5.41, 5.74) is -1.51. The first-order valence-corrected chi connectivity index (χ1v) is 8.36. The molecule has 3 rings (SSSR count). The van der Waals surface area contributed by atoms with Crippen LogP contribution in [0.5, 0.6) is 0 Å². The molecule has 2 N–H and O–H groups in total. The van der Waals surface area contributed by atoms with Crippen LogP contribution in [0.3, 0.4) is 0 Å². The molecule has 1 saturated heterocycles. The third kappa shape index (κ3) is 2.61. The summed E-state index contributed by atoms with van der Waals surface area (Å²) in [7, 11) is 0. The van der Waals surface area contributed by atoms with Crippen molar-refractivity contribution in [3.05, 3.63) is 29.8 Å². The van der Waals surface area contributed by atoms with E-state index in [2.05, 4.69) is 5.32 Å². The molecule has 0 saturated carbocycles. The number of aliphatic carboxylic acids is 1. The quantitative estimate of drug-likeness (QED) is 0.833. The average molecular weight is 359 g/mol. The monoisotopic (exact) mass is 359 g/mol. The van der Waals surface area contributed by atoms with Crippen molar-refractivity contribution in [1.29, 1.82) is 0 Å². The minimum absolute atomic E-state index is 0.108. The van der Waals surface area contributed by atoms with E-state index in [1.807, 2.05) is 0 Å². The minimum atomic E-state index is -1.46. The van der Waals surface area contributed by atoms with E-state index in [0.717, 1.165) is 0 Å². The fraction of sp³-hybridized carbons (Fsp3) is 0.444. The van der Waals surface area contributed by atoms with Crippen molar-refractivity contribution in [3.8, 4) is 0 Å². The number of amides is 3. The van der Waals surface area contributed by atoms with E-state index in [9.17, 15) is 19.2 Å². The summed E-state index contributed by atoms with van der Waals surface area (Å²) in [5, 5.41) is 11.6. The zero-order valence-corrected chi connectivity index (χ0v) is 14.9. The highest BCUT2D eigenvalue weighted by Gasteiger charge is 2.53. The van der Waals surface area contributed by atoms with Crippen LogP contribution in [0.4, 0.5) is 5.69 Å². The molecule has 0 aromatic heterocycles. The molecular formula is C18H21N3O5. The Hall–Kier alpha value is -2.90. The SMILES string of the molecule is CC(C)(NC(=O)CN1C(=O)c2ccccc2N2C(=O)CCC12C)C(=O)O. The number of anilines is 1. The van der Waals surface area contributed by atoms with Crippen molar-refractivity contribution in [3.63, 3.8) is 0 Å².